The van der Waals surface area contributed by atoms with E-state index < -0.39 is 0 Å². The molecule has 0 bridgehead atoms. The second-order valence-corrected chi connectivity index (χ2v) is 4.92. The third kappa shape index (κ3) is 4.40. The van der Waals surface area contributed by atoms with Gasteiger partial charge in [0.25, 0.3) is 0 Å². The minimum absolute atomic E-state index is 0. The van der Waals surface area contributed by atoms with Gasteiger partial charge in [-0.3, -0.25) is 0 Å². The summed E-state index contributed by atoms with van der Waals surface area (Å²) < 4.78 is 10.8. The van der Waals surface area contributed by atoms with E-state index in [1.807, 2.05) is 18.2 Å². The van der Waals surface area contributed by atoms with Crippen LogP contribution in [0.3, 0.4) is 0 Å². The topological polar surface area (TPSA) is 35.5 Å². The van der Waals surface area contributed by atoms with Crippen molar-refractivity contribution < 1.29 is 14.3 Å². The van der Waals surface area contributed by atoms with Gasteiger partial charge in [-0.15, -0.1) is 0 Å². The first-order chi connectivity index (χ1) is 7.99. The molecule has 0 saturated heterocycles. The normalized spacial score (nSPS) is 10.4. The van der Waals surface area contributed by atoms with Crippen LogP contribution in [0.4, 0.5) is 0 Å². The maximum absolute atomic E-state index is 10.2. The number of ether oxygens (including phenoxy) is 2. The lowest BCUT2D eigenvalue weighted by Gasteiger charge is -2.22. The van der Waals surface area contributed by atoms with Crippen molar-refractivity contribution in [1.82, 2.24) is 0 Å². The third-order valence-corrected chi connectivity index (χ3v) is 2.48. The van der Waals surface area contributed by atoms with Crippen LogP contribution >= 0.6 is 0 Å². The molecule has 0 fully saturated rings. The highest BCUT2D eigenvalue weighted by molar-refractivity contribution is 5.49. The number of methoxy groups -OCH3 is 1. The van der Waals surface area contributed by atoms with Crippen LogP contribution in [-0.2, 0) is 10.2 Å². The van der Waals surface area contributed by atoms with Gasteiger partial charge in [0.1, 0.15) is 17.8 Å². The maximum atomic E-state index is 10.2. The number of aldehydes is 1. The largest absolute Gasteiger partial charge is 0.496 e. The van der Waals surface area contributed by atoms with E-state index in [2.05, 4.69) is 20.8 Å². The van der Waals surface area contributed by atoms with E-state index in [4.69, 9.17) is 9.47 Å². The maximum Gasteiger partial charge on any atom is 0.123 e. The fourth-order valence-corrected chi connectivity index (χ4v) is 1.59. The number of carbonyl (C=O) groups is 1. The van der Waals surface area contributed by atoms with E-state index in [1.165, 1.54) is 0 Å². The number of carbonyl (C=O) groups excluding carboxylic acids is 1. The molecule has 1 aromatic rings. The Bertz CT molecular complexity index is 378. The number of hydrogen-bond acceptors (Lipinski definition) is 3. The number of rotatable bonds is 5. The van der Waals surface area contributed by atoms with Gasteiger partial charge in [0.05, 0.1) is 13.7 Å². The highest BCUT2D eigenvalue weighted by atomic mass is 16.5. The quantitative estimate of drug-likeness (QED) is 0.593. The first kappa shape index (κ1) is 16.5. The summed E-state index contributed by atoms with van der Waals surface area (Å²) in [4.78, 5) is 10.2. The standard InChI is InChI=1S/C14H20O3.CH4/c1-14(2,3)12-10-11(17-9-5-8-15)6-7-13(12)16-4;/h6-8,10H,5,9H2,1-4H3;1H4. The molecule has 0 aliphatic carbocycles. The molecule has 0 aromatic heterocycles. The molecule has 0 atom stereocenters. The molecule has 0 heterocycles. The molecule has 3 nitrogen and oxygen atoms in total. The molecule has 0 unspecified atom stereocenters. The van der Waals surface area contributed by atoms with Gasteiger partial charge in [0.2, 0.25) is 0 Å². The number of benzene rings is 1. The summed E-state index contributed by atoms with van der Waals surface area (Å²) in [6, 6.07) is 5.74. The van der Waals surface area contributed by atoms with Crippen molar-refractivity contribution >= 4 is 6.29 Å². The Morgan fingerprint density at radius 3 is 2.44 bits per heavy atom. The van der Waals surface area contributed by atoms with Gasteiger partial charge < -0.3 is 14.3 Å². The molecule has 18 heavy (non-hydrogen) atoms. The van der Waals surface area contributed by atoms with E-state index in [1.54, 1.807) is 7.11 Å². The van der Waals surface area contributed by atoms with Crippen molar-refractivity contribution in [1.29, 1.82) is 0 Å². The fourth-order valence-electron chi connectivity index (χ4n) is 1.59. The second-order valence-electron chi connectivity index (χ2n) is 4.92. The lowest BCUT2D eigenvalue weighted by Crippen LogP contribution is -2.13. The lowest BCUT2D eigenvalue weighted by atomic mass is 9.86. The molecule has 0 aliphatic rings. The fraction of sp³-hybridized carbons (Fsp3) is 0.533. The molecule has 0 N–H and O–H groups in total. The molecule has 0 radical (unpaired) electrons. The van der Waals surface area contributed by atoms with Gasteiger partial charge in [0, 0.05) is 12.0 Å². The summed E-state index contributed by atoms with van der Waals surface area (Å²) in [5.41, 5.74) is 1.10. The zero-order valence-corrected chi connectivity index (χ0v) is 10.9. The summed E-state index contributed by atoms with van der Waals surface area (Å²) in [6.45, 7) is 6.79. The lowest BCUT2D eigenvalue weighted by molar-refractivity contribution is -0.108. The average molecular weight is 252 g/mol. The highest BCUT2D eigenvalue weighted by Crippen LogP contribution is 2.34. The van der Waals surface area contributed by atoms with Crippen molar-refractivity contribution in [2.24, 2.45) is 0 Å². The molecular formula is C15H24O3. The Morgan fingerprint density at radius 1 is 1.28 bits per heavy atom. The molecule has 1 rings (SSSR count). The minimum Gasteiger partial charge on any atom is -0.496 e. The van der Waals surface area contributed by atoms with E-state index in [9.17, 15) is 4.79 Å². The SMILES string of the molecule is C.COc1ccc(OCCC=O)cc1C(C)(C)C. The van der Waals surface area contributed by atoms with Gasteiger partial charge in [-0.1, -0.05) is 28.2 Å². The Hall–Kier alpha value is -1.51. The smallest absolute Gasteiger partial charge is 0.123 e. The van der Waals surface area contributed by atoms with E-state index >= 15 is 0 Å². The molecule has 3 heteroatoms. The molecule has 1 aromatic carbocycles. The average Bonchev–Trinajstić information content (AvgIpc) is 2.28. The molecule has 0 spiro atoms. The van der Waals surface area contributed by atoms with Crippen molar-refractivity contribution in [3.05, 3.63) is 23.8 Å². The molecular weight excluding hydrogens is 228 g/mol. The summed E-state index contributed by atoms with van der Waals surface area (Å²) >= 11 is 0. The predicted molar refractivity (Wildman–Crippen MR) is 74.6 cm³/mol. The Morgan fingerprint density at radius 2 is 1.94 bits per heavy atom. The zero-order valence-electron chi connectivity index (χ0n) is 10.9. The van der Waals surface area contributed by atoms with Gasteiger partial charge in [-0.2, -0.15) is 0 Å². The van der Waals surface area contributed by atoms with Gasteiger partial charge >= 0.3 is 0 Å². The Kier molecular flexibility index (Phi) is 6.45. The van der Waals surface area contributed by atoms with Gasteiger partial charge in [-0.05, 0) is 23.6 Å². The van der Waals surface area contributed by atoms with Crippen molar-refractivity contribution in [2.75, 3.05) is 13.7 Å². The Balaban J connectivity index is 0.00000289. The zero-order chi connectivity index (χ0) is 12.9. The number of hydrogen-bond donors (Lipinski definition) is 0. The van der Waals surface area contributed by atoms with Gasteiger partial charge in [-0.25, -0.2) is 0 Å². The summed E-state index contributed by atoms with van der Waals surface area (Å²) in [7, 11) is 1.66. The van der Waals surface area contributed by atoms with E-state index in [-0.39, 0.29) is 12.8 Å². The predicted octanol–water partition coefficient (Wildman–Crippen LogP) is 3.60. The van der Waals surface area contributed by atoms with Crippen LogP contribution in [-0.4, -0.2) is 20.0 Å². The van der Waals surface area contributed by atoms with Crippen LogP contribution in [0.2, 0.25) is 0 Å². The minimum atomic E-state index is -0.00459. The van der Waals surface area contributed by atoms with Crippen LogP contribution in [0, 0.1) is 0 Å². The summed E-state index contributed by atoms with van der Waals surface area (Å²) in [5.74, 6) is 1.64. The molecule has 0 saturated carbocycles. The molecule has 102 valence electrons. The monoisotopic (exact) mass is 252 g/mol. The molecule has 0 aliphatic heterocycles. The first-order valence-electron chi connectivity index (χ1n) is 5.74. The van der Waals surface area contributed by atoms with Crippen LogP contribution < -0.4 is 9.47 Å². The summed E-state index contributed by atoms with van der Waals surface area (Å²) in [5, 5.41) is 0. The first-order valence-corrected chi connectivity index (χ1v) is 5.74. The Labute approximate surface area is 110 Å². The third-order valence-electron chi connectivity index (χ3n) is 2.48. The van der Waals surface area contributed by atoms with Crippen LogP contribution in [0.15, 0.2) is 18.2 Å². The molecule has 0 amide bonds. The summed E-state index contributed by atoms with van der Waals surface area (Å²) in [6.07, 6.45) is 1.27. The van der Waals surface area contributed by atoms with Crippen molar-refractivity contribution in [3.63, 3.8) is 0 Å². The second kappa shape index (κ2) is 7.04. The van der Waals surface area contributed by atoms with Crippen LogP contribution in [0.1, 0.15) is 40.2 Å². The van der Waals surface area contributed by atoms with Crippen LogP contribution in [0.25, 0.3) is 0 Å². The van der Waals surface area contributed by atoms with Crippen molar-refractivity contribution in [2.45, 2.75) is 40.0 Å². The van der Waals surface area contributed by atoms with E-state index in [0.29, 0.717) is 13.0 Å². The van der Waals surface area contributed by atoms with Crippen LogP contribution in [0.5, 0.6) is 11.5 Å². The van der Waals surface area contributed by atoms with E-state index in [0.717, 1.165) is 23.3 Å². The van der Waals surface area contributed by atoms with Gasteiger partial charge in [0.15, 0.2) is 0 Å². The highest BCUT2D eigenvalue weighted by Gasteiger charge is 2.19. The van der Waals surface area contributed by atoms with Crippen molar-refractivity contribution in [3.8, 4) is 11.5 Å².